The van der Waals surface area contributed by atoms with Crippen LogP contribution in [0.3, 0.4) is 0 Å². The minimum absolute atomic E-state index is 0.150. The van der Waals surface area contributed by atoms with Crippen LogP contribution >= 0.6 is 0 Å². The molecular weight excluding hydrogens is 178 g/mol. The van der Waals surface area contributed by atoms with Gasteiger partial charge in [-0.05, 0) is 12.1 Å². The van der Waals surface area contributed by atoms with Crippen molar-refractivity contribution in [3.63, 3.8) is 0 Å². The van der Waals surface area contributed by atoms with E-state index in [0.717, 1.165) is 0 Å². The van der Waals surface area contributed by atoms with Gasteiger partial charge in [0.05, 0.1) is 6.61 Å². The largest absolute Gasteiger partial charge is 0.461 e. The Kier molecular flexibility index (Phi) is 2.68. The average molecular weight is 185 g/mol. The van der Waals surface area contributed by atoms with Gasteiger partial charge < -0.3 is 4.74 Å². The molecule has 0 saturated carbocycles. The highest BCUT2D eigenvalue weighted by atomic mass is 16.5. The number of carbonyl (C=O) groups excluding carboxylic acids is 2. The van der Waals surface area contributed by atoms with Gasteiger partial charge in [0.1, 0.15) is 0 Å². The number of hydrogen-bond donors (Lipinski definition) is 1. The maximum atomic E-state index is 11.0. The number of carbonyl (C=O) groups is 2. The van der Waals surface area contributed by atoms with Crippen LogP contribution in [0.5, 0.6) is 0 Å². The lowest BCUT2D eigenvalue weighted by molar-refractivity contribution is -0.135. The normalized spacial score (nSPS) is 20.5. The molecular formula is C6H7N3O4. The highest BCUT2D eigenvalue weighted by molar-refractivity contribution is 6.44. The van der Waals surface area contributed by atoms with Crippen LogP contribution in [0.1, 0.15) is 6.92 Å². The number of rotatable bonds is 3. The Morgan fingerprint density at radius 2 is 2.46 bits per heavy atom. The molecule has 1 atom stereocenters. The standard InChI is InChI=1S/C6H7N3O4/c1-2-13-6(11)4-3(9-12)5(10)8-7-4/h3H,2H2,1H3,(H,8,10). The molecule has 0 aromatic rings. The molecule has 0 aliphatic carbocycles. The van der Waals surface area contributed by atoms with Gasteiger partial charge in [0.15, 0.2) is 5.71 Å². The van der Waals surface area contributed by atoms with Gasteiger partial charge in [-0.1, -0.05) is 0 Å². The summed E-state index contributed by atoms with van der Waals surface area (Å²) in [5.41, 5.74) is 1.67. The fourth-order valence-electron chi connectivity index (χ4n) is 0.822. The molecule has 1 aliphatic rings. The molecule has 1 heterocycles. The Labute approximate surface area is 73.1 Å². The molecule has 1 aliphatic heterocycles. The zero-order valence-corrected chi connectivity index (χ0v) is 6.81. The summed E-state index contributed by atoms with van der Waals surface area (Å²) in [6, 6.07) is -1.38. The molecule has 0 radical (unpaired) electrons. The van der Waals surface area contributed by atoms with Crippen LogP contribution < -0.4 is 5.43 Å². The number of hydrogen-bond acceptors (Lipinski definition) is 6. The Balaban J connectivity index is 2.75. The molecule has 7 nitrogen and oxygen atoms in total. The summed E-state index contributed by atoms with van der Waals surface area (Å²) in [4.78, 5) is 32.0. The van der Waals surface area contributed by atoms with Crippen LogP contribution in [0.2, 0.25) is 0 Å². The van der Waals surface area contributed by atoms with Crippen molar-refractivity contribution in [3.05, 3.63) is 4.91 Å². The van der Waals surface area contributed by atoms with Gasteiger partial charge in [-0.2, -0.15) is 5.10 Å². The zero-order chi connectivity index (χ0) is 9.84. The maximum Gasteiger partial charge on any atom is 0.357 e. The van der Waals surface area contributed by atoms with Crippen molar-refractivity contribution < 1.29 is 14.3 Å². The van der Waals surface area contributed by atoms with Gasteiger partial charge in [-0.3, -0.25) is 4.79 Å². The smallest absolute Gasteiger partial charge is 0.357 e. The van der Waals surface area contributed by atoms with Gasteiger partial charge in [0, 0.05) is 0 Å². The van der Waals surface area contributed by atoms with Crippen LogP contribution in [0, 0.1) is 4.91 Å². The zero-order valence-electron chi connectivity index (χ0n) is 6.81. The number of nitroso groups, excluding NO2 is 1. The second-order valence-electron chi connectivity index (χ2n) is 2.20. The topological polar surface area (TPSA) is 97.2 Å². The highest BCUT2D eigenvalue weighted by Gasteiger charge is 2.36. The first-order chi connectivity index (χ1) is 6.20. The van der Waals surface area contributed by atoms with E-state index in [4.69, 9.17) is 0 Å². The van der Waals surface area contributed by atoms with E-state index in [1.165, 1.54) is 0 Å². The Morgan fingerprint density at radius 3 is 3.00 bits per heavy atom. The molecule has 70 valence electrons. The lowest BCUT2D eigenvalue weighted by Gasteiger charge is -2.00. The van der Waals surface area contributed by atoms with E-state index >= 15 is 0 Å². The quantitative estimate of drug-likeness (QED) is 0.458. The molecule has 0 aromatic carbocycles. The van der Waals surface area contributed by atoms with Crippen molar-refractivity contribution >= 4 is 17.6 Å². The predicted octanol–water partition coefficient (Wildman–Crippen LogP) is -0.830. The second-order valence-corrected chi connectivity index (χ2v) is 2.20. The Hall–Kier alpha value is -1.79. The molecule has 1 N–H and O–H groups in total. The summed E-state index contributed by atoms with van der Waals surface area (Å²) in [6.07, 6.45) is 0. The first kappa shape index (κ1) is 9.30. The van der Waals surface area contributed by atoms with E-state index in [0.29, 0.717) is 0 Å². The fourth-order valence-corrected chi connectivity index (χ4v) is 0.822. The van der Waals surface area contributed by atoms with Crippen molar-refractivity contribution in [2.75, 3.05) is 6.61 Å². The summed E-state index contributed by atoms with van der Waals surface area (Å²) in [5, 5.41) is 5.80. The molecule has 0 saturated heterocycles. The SMILES string of the molecule is CCOC(=O)C1=NNC(=O)C1N=O. The van der Waals surface area contributed by atoms with E-state index < -0.39 is 17.9 Å². The monoisotopic (exact) mass is 185 g/mol. The Morgan fingerprint density at radius 1 is 1.77 bits per heavy atom. The lowest BCUT2D eigenvalue weighted by Crippen LogP contribution is -2.32. The van der Waals surface area contributed by atoms with E-state index in [2.05, 4.69) is 15.0 Å². The van der Waals surface area contributed by atoms with E-state index in [9.17, 15) is 14.5 Å². The van der Waals surface area contributed by atoms with E-state index in [-0.39, 0.29) is 12.3 Å². The van der Waals surface area contributed by atoms with Crippen molar-refractivity contribution in [3.8, 4) is 0 Å². The van der Waals surface area contributed by atoms with Crippen LogP contribution in [0.4, 0.5) is 0 Å². The minimum atomic E-state index is -1.38. The predicted molar refractivity (Wildman–Crippen MR) is 41.8 cm³/mol. The molecule has 0 bridgehead atoms. The summed E-state index contributed by atoms with van der Waals surface area (Å²) in [5.74, 6) is -1.51. The fraction of sp³-hybridized carbons (Fsp3) is 0.500. The molecule has 0 fully saturated rings. The summed E-state index contributed by atoms with van der Waals surface area (Å²) >= 11 is 0. The number of esters is 1. The summed E-state index contributed by atoms with van der Waals surface area (Å²) < 4.78 is 4.55. The van der Waals surface area contributed by atoms with Gasteiger partial charge in [0.2, 0.25) is 6.04 Å². The summed E-state index contributed by atoms with van der Waals surface area (Å²) in [6.45, 7) is 1.75. The summed E-state index contributed by atoms with van der Waals surface area (Å²) in [7, 11) is 0. The van der Waals surface area contributed by atoms with Gasteiger partial charge in [-0.25, -0.2) is 10.2 Å². The van der Waals surface area contributed by atoms with Crippen molar-refractivity contribution in [2.24, 2.45) is 10.3 Å². The van der Waals surface area contributed by atoms with Crippen LogP contribution in [-0.4, -0.2) is 30.2 Å². The number of hydrazone groups is 1. The number of amides is 1. The molecule has 1 amide bonds. The molecule has 7 heteroatoms. The third-order valence-corrected chi connectivity index (χ3v) is 1.38. The molecule has 0 spiro atoms. The number of nitrogens with one attached hydrogen (secondary N) is 1. The van der Waals surface area contributed by atoms with Gasteiger partial charge in [-0.15, -0.1) is 4.91 Å². The number of nitrogens with zero attached hydrogens (tertiary/aromatic N) is 2. The first-order valence-electron chi connectivity index (χ1n) is 3.57. The number of ether oxygens (including phenoxy) is 1. The van der Waals surface area contributed by atoms with Crippen LogP contribution in [0.15, 0.2) is 10.3 Å². The van der Waals surface area contributed by atoms with Crippen LogP contribution in [0.25, 0.3) is 0 Å². The van der Waals surface area contributed by atoms with E-state index in [1.54, 1.807) is 6.92 Å². The first-order valence-corrected chi connectivity index (χ1v) is 3.57. The third-order valence-electron chi connectivity index (χ3n) is 1.38. The Bertz CT molecular complexity index is 286. The minimum Gasteiger partial charge on any atom is -0.461 e. The van der Waals surface area contributed by atoms with Crippen LogP contribution in [-0.2, 0) is 14.3 Å². The third kappa shape index (κ3) is 1.68. The second kappa shape index (κ2) is 3.74. The highest BCUT2D eigenvalue weighted by Crippen LogP contribution is 2.03. The molecule has 1 unspecified atom stereocenters. The van der Waals surface area contributed by atoms with Gasteiger partial charge >= 0.3 is 5.97 Å². The van der Waals surface area contributed by atoms with Crippen molar-refractivity contribution in [1.82, 2.24) is 5.43 Å². The van der Waals surface area contributed by atoms with Crippen molar-refractivity contribution in [2.45, 2.75) is 13.0 Å². The maximum absolute atomic E-state index is 11.0. The molecule has 1 rings (SSSR count). The lowest BCUT2D eigenvalue weighted by atomic mass is 10.2. The average Bonchev–Trinajstić information content (AvgIpc) is 2.47. The van der Waals surface area contributed by atoms with Crippen molar-refractivity contribution in [1.29, 1.82) is 0 Å². The van der Waals surface area contributed by atoms with Gasteiger partial charge in [0.25, 0.3) is 5.91 Å². The van der Waals surface area contributed by atoms with E-state index in [1.807, 2.05) is 5.43 Å². The molecule has 0 aromatic heterocycles. The molecule has 13 heavy (non-hydrogen) atoms.